The normalized spacial score (nSPS) is 15.6. The van der Waals surface area contributed by atoms with E-state index in [9.17, 15) is 19.5 Å². The largest absolute Gasteiger partial charge is 0.494 e. The number of hydrogen-bond acceptors (Lipinski definition) is 9. The molecule has 0 bridgehead atoms. The van der Waals surface area contributed by atoms with E-state index in [-0.39, 0.29) is 32.0 Å². The van der Waals surface area contributed by atoms with Crippen molar-refractivity contribution in [2.45, 2.75) is 59.4 Å². The molecule has 13 nitrogen and oxygen atoms in total. The van der Waals surface area contributed by atoms with E-state index in [1.165, 1.54) is 14.3 Å². The maximum Gasteiger partial charge on any atom is 0.420 e. The number of amides is 2. The second kappa shape index (κ2) is 14.4. The first kappa shape index (κ1) is 33.8. The van der Waals surface area contributed by atoms with E-state index in [1.807, 2.05) is 37.3 Å². The number of piperidine rings is 1. The number of aromatic nitrogens is 3. The Labute approximate surface area is 278 Å². The van der Waals surface area contributed by atoms with E-state index in [1.54, 1.807) is 64.2 Å². The van der Waals surface area contributed by atoms with Gasteiger partial charge in [-0.3, -0.25) is 0 Å². The number of aliphatic carboxylic acids is 1. The molecule has 0 radical (unpaired) electrons. The van der Waals surface area contributed by atoms with Gasteiger partial charge in [0.1, 0.15) is 24.1 Å². The maximum absolute atomic E-state index is 13.9. The Hall–Kier alpha value is -5.59. The van der Waals surface area contributed by atoms with Gasteiger partial charge in [-0.25, -0.2) is 19.3 Å². The van der Waals surface area contributed by atoms with Crippen LogP contribution in [0.2, 0.25) is 0 Å². The Morgan fingerprint density at radius 2 is 1.79 bits per heavy atom. The zero-order chi connectivity index (χ0) is 34.4. The minimum atomic E-state index is -1.14. The number of carbonyl (C=O) groups is 3. The minimum Gasteiger partial charge on any atom is -0.494 e. The Morgan fingerprint density at radius 1 is 1.06 bits per heavy atom. The smallest absolute Gasteiger partial charge is 0.420 e. The quantitative estimate of drug-likeness (QED) is 0.203. The van der Waals surface area contributed by atoms with Gasteiger partial charge in [-0.2, -0.15) is 14.6 Å². The molecule has 13 heteroatoms. The summed E-state index contributed by atoms with van der Waals surface area (Å²) in [7, 11) is 0. The van der Waals surface area contributed by atoms with Crippen molar-refractivity contribution in [3.05, 3.63) is 89.6 Å². The Bertz CT molecular complexity index is 1800. The highest BCUT2D eigenvalue weighted by atomic mass is 16.6. The van der Waals surface area contributed by atoms with Gasteiger partial charge in [0.25, 0.3) is 0 Å². The van der Waals surface area contributed by atoms with Crippen molar-refractivity contribution >= 4 is 35.3 Å². The molecule has 1 aliphatic rings. The molecule has 252 valence electrons. The third-order valence-corrected chi connectivity index (χ3v) is 7.39. The molecule has 0 unspecified atom stereocenters. The summed E-state index contributed by atoms with van der Waals surface area (Å²) >= 11 is 0. The Balaban J connectivity index is 1.52. The van der Waals surface area contributed by atoms with Crippen LogP contribution < -0.4 is 14.4 Å². The van der Waals surface area contributed by atoms with Crippen LogP contribution in [-0.2, 0) is 20.9 Å². The molecule has 2 aromatic heterocycles. The van der Waals surface area contributed by atoms with E-state index in [0.29, 0.717) is 40.6 Å². The molecular weight excluding hydrogens is 618 g/mol. The van der Waals surface area contributed by atoms with Crippen LogP contribution >= 0.6 is 0 Å². The number of nitrogens with zero attached hydrogens (tertiary/aromatic N) is 5. The fourth-order valence-electron chi connectivity index (χ4n) is 5.23. The number of carboxylic acid groups (broad SMARTS) is 1. The minimum absolute atomic E-state index is 0.0162. The summed E-state index contributed by atoms with van der Waals surface area (Å²) in [6.07, 6.45) is 0.794. The molecule has 1 fully saturated rings. The predicted molar refractivity (Wildman–Crippen MR) is 177 cm³/mol. The van der Waals surface area contributed by atoms with Crippen LogP contribution in [-0.4, -0.2) is 74.2 Å². The molecule has 5 rings (SSSR count). The van der Waals surface area contributed by atoms with E-state index < -0.39 is 29.9 Å². The first-order valence-electron chi connectivity index (χ1n) is 15.6. The van der Waals surface area contributed by atoms with Crippen molar-refractivity contribution in [3.63, 3.8) is 0 Å². The van der Waals surface area contributed by atoms with Crippen LogP contribution in [0.3, 0.4) is 0 Å². The molecule has 0 spiro atoms. The lowest BCUT2D eigenvalue weighted by Crippen LogP contribution is -2.46. The zero-order valence-electron chi connectivity index (χ0n) is 27.6. The van der Waals surface area contributed by atoms with Crippen LogP contribution in [0.4, 0.5) is 21.1 Å². The molecule has 48 heavy (non-hydrogen) atoms. The summed E-state index contributed by atoms with van der Waals surface area (Å²) in [6.45, 7) is 9.76. The molecule has 2 aromatic carbocycles. The molecular formula is C35H39N5O8. The second-order valence-corrected chi connectivity index (χ2v) is 12.1. The summed E-state index contributed by atoms with van der Waals surface area (Å²) in [6, 6.07) is 17.9. The standard InChI is InChI=1S/C35H39N5O8/c1-6-45-27-14-12-26(13-15-27)39(34(44)48-35(3,4)5)32-23(2)31(37-29-16-18-36-40(29)32)47-28-21-38(19-17-25(28)20-30(41)42)33(43)46-22-24-10-8-7-9-11-24/h7-16,18,20,28H,6,17,19,21-22H2,1-5H3,(H,41,42)/b25-20-/t28-/m1/s1. The SMILES string of the molecule is CCOc1ccc(N(C(=O)OC(C)(C)C)c2c(C)c(O[C@@H]3CN(C(=O)OCc4ccccc4)CC/C3=C/C(=O)O)nc3ccnn23)cc1. The third kappa shape index (κ3) is 8.03. The zero-order valence-corrected chi connectivity index (χ0v) is 27.6. The highest BCUT2D eigenvalue weighted by molar-refractivity contribution is 5.96. The Morgan fingerprint density at radius 3 is 2.46 bits per heavy atom. The highest BCUT2D eigenvalue weighted by Gasteiger charge is 2.34. The van der Waals surface area contributed by atoms with Crippen molar-refractivity contribution in [3.8, 4) is 11.6 Å². The summed E-state index contributed by atoms with van der Waals surface area (Å²) in [4.78, 5) is 46.3. The lowest BCUT2D eigenvalue weighted by molar-refractivity contribution is -0.131. The van der Waals surface area contributed by atoms with Gasteiger partial charge in [0.15, 0.2) is 11.5 Å². The number of rotatable bonds is 9. The molecule has 0 aliphatic carbocycles. The van der Waals surface area contributed by atoms with E-state index in [2.05, 4.69) is 10.1 Å². The van der Waals surface area contributed by atoms with E-state index in [0.717, 1.165) is 11.6 Å². The molecule has 3 heterocycles. The fourth-order valence-corrected chi connectivity index (χ4v) is 5.23. The highest BCUT2D eigenvalue weighted by Crippen LogP contribution is 2.36. The van der Waals surface area contributed by atoms with E-state index >= 15 is 0 Å². The summed E-state index contributed by atoms with van der Waals surface area (Å²) < 4.78 is 24.9. The van der Waals surface area contributed by atoms with Crippen molar-refractivity contribution in [2.24, 2.45) is 0 Å². The lowest BCUT2D eigenvalue weighted by atomic mass is 10.0. The topological polar surface area (TPSA) is 145 Å². The average molecular weight is 658 g/mol. The van der Waals surface area contributed by atoms with Gasteiger partial charge in [0.2, 0.25) is 5.88 Å². The Kier molecular flexibility index (Phi) is 10.2. The number of benzene rings is 2. The van der Waals surface area contributed by atoms with Gasteiger partial charge >= 0.3 is 18.2 Å². The third-order valence-electron chi connectivity index (χ3n) is 7.39. The fraction of sp³-hybridized carbons (Fsp3) is 0.343. The van der Waals surface area contributed by atoms with Crippen LogP contribution in [0, 0.1) is 6.92 Å². The van der Waals surface area contributed by atoms with Crippen LogP contribution in [0.25, 0.3) is 5.65 Å². The first-order chi connectivity index (χ1) is 22.9. The number of anilines is 2. The number of fused-ring (bicyclic) bond motifs is 1. The number of hydrogen-bond donors (Lipinski definition) is 1. The number of carboxylic acids is 1. The first-order valence-corrected chi connectivity index (χ1v) is 15.6. The van der Waals surface area contributed by atoms with Crippen molar-refractivity contribution in [2.75, 3.05) is 24.6 Å². The summed E-state index contributed by atoms with van der Waals surface area (Å²) in [5.41, 5.74) is 1.75. The molecule has 1 aliphatic heterocycles. The van der Waals surface area contributed by atoms with Crippen molar-refractivity contribution < 1.29 is 38.4 Å². The van der Waals surface area contributed by atoms with Crippen molar-refractivity contribution in [1.82, 2.24) is 19.5 Å². The molecule has 1 saturated heterocycles. The molecule has 1 N–H and O–H groups in total. The predicted octanol–water partition coefficient (Wildman–Crippen LogP) is 6.31. The van der Waals surface area contributed by atoms with Gasteiger partial charge in [-0.15, -0.1) is 0 Å². The number of likely N-dealkylation sites (tertiary alicyclic amines) is 1. The van der Waals surface area contributed by atoms with Crippen LogP contribution in [0.5, 0.6) is 11.6 Å². The molecule has 1 atom stereocenters. The maximum atomic E-state index is 13.9. The van der Waals surface area contributed by atoms with Gasteiger partial charge in [0, 0.05) is 18.7 Å². The van der Waals surface area contributed by atoms with Gasteiger partial charge in [0.05, 0.1) is 30.6 Å². The molecule has 2 amide bonds. The van der Waals surface area contributed by atoms with Gasteiger partial charge in [-0.1, -0.05) is 30.3 Å². The molecule has 0 saturated carbocycles. The molecule has 4 aromatic rings. The monoisotopic (exact) mass is 657 g/mol. The van der Waals surface area contributed by atoms with Crippen molar-refractivity contribution in [1.29, 1.82) is 0 Å². The number of carbonyl (C=O) groups excluding carboxylic acids is 2. The average Bonchev–Trinajstić information content (AvgIpc) is 3.51. The second-order valence-electron chi connectivity index (χ2n) is 12.1. The number of ether oxygens (including phenoxy) is 4. The van der Waals surface area contributed by atoms with Crippen LogP contribution in [0.1, 0.15) is 45.2 Å². The lowest BCUT2D eigenvalue weighted by Gasteiger charge is -2.34. The van der Waals surface area contributed by atoms with E-state index in [4.69, 9.17) is 18.9 Å². The van der Waals surface area contributed by atoms with Gasteiger partial charge in [-0.05, 0) is 76.4 Å². The van der Waals surface area contributed by atoms with Gasteiger partial charge < -0.3 is 29.0 Å². The summed E-state index contributed by atoms with van der Waals surface area (Å²) in [5, 5.41) is 14.1. The summed E-state index contributed by atoms with van der Waals surface area (Å²) in [5.74, 6) is -0.0793. The van der Waals surface area contributed by atoms with Crippen LogP contribution in [0.15, 0.2) is 78.5 Å².